The van der Waals surface area contributed by atoms with Crippen LogP contribution in [0.5, 0.6) is 0 Å². The molecule has 2 saturated heterocycles. The van der Waals surface area contributed by atoms with Crippen LogP contribution in [0.25, 0.3) is 5.57 Å². The lowest BCUT2D eigenvalue weighted by Crippen LogP contribution is -2.43. The van der Waals surface area contributed by atoms with Gasteiger partial charge in [-0.15, -0.1) is 0 Å². The number of anilines is 2. The number of halogens is 2. The van der Waals surface area contributed by atoms with E-state index in [0.717, 1.165) is 17.0 Å². The van der Waals surface area contributed by atoms with Crippen molar-refractivity contribution in [3.8, 4) is 0 Å². The van der Waals surface area contributed by atoms with Gasteiger partial charge in [-0.1, -0.05) is 6.08 Å². The summed E-state index contributed by atoms with van der Waals surface area (Å²) >= 11 is 0. The molecule has 0 bridgehead atoms. The molecule has 0 spiro atoms. The standard InChI is InChI=1S/C30H35F2N5O7/c1-29(2,3)44-28(40)37(24-14-33-8-9-34-24)16-20-15-36(27(39)42-20)19-12-21(31)25(22(32)13-19)18-6-10-35(11-7-18)26(38)23-17-41-30(4,5)43-23/h6,8-9,12-14,20,23H,7,10-11,15-17H2,1-5H3/t20-,23+/m1/s1. The number of rotatable bonds is 6. The molecule has 0 aliphatic carbocycles. The van der Waals surface area contributed by atoms with Crippen LogP contribution in [0.1, 0.15) is 46.6 Å². The molecular formula is C30H35F2N5O7. The SMILES string of the molecule is CC(C)(C)OC(=O)N(C[C@H]1CN(c2cc(F)c(C3=CCN(C(=O)[C@@H]4COC(C)(C)O4)CC3)c(F)c2)C(=O)O1)c1cnccn1. The van der Waals surface area contributed by atoms with Gasteiger partial charge in [0.05, 0.1) is 31.6 Å². The number of carbonyl (C=O) groups excluding carboxylic acids is 3. The highest BCUT2D eigenvalue weighted by atomic mass is 19.1. The van der Waals surface area contributed by atoms with E-state index in [0.29, 0.717) is 5.57 Å². The summed E-state index contributed by atoms with van der Waals surface area (Å²) < 4.78 is 52.8. The Kier molecular flexibility index (Phi) is 8.58. The molecule has 2 fully saturated rings. The van der Waals surface area contributed by atoms with Crippen molar-refractivity contribution in [1.82, 2.24) is 14.9 Å². The lowest BCUT2D eigenvalue weighted by molar-refractivity contribution is -0.159. The number of aromatic nitrogens is 2. The van der Waals surface area contributed by atoms with Crippen molar-refractivity contribution in [3.63, 3.8) is 0 Å². The Morgan fingerprint density at radius 1 is 1.18 bits per heavy atom. The van der Waals surface area contributed by atoms with E-state index in [2.05, 4.69) is 9.97 Å². The fourth-order valence-electron chi connectivity index (χ4n) is 5.17. The molecule has 0 radical (unpaired) electrons. The minimum absolute atomic E-state index is 0.0335. The van der Waals surface area contributed by atoms with E-state index in [-0.39, 0.29) is 62.2 Å². The number of carbonyl (C=O) groups is 3. The Morgan fingerprint density at radius 3 is 2.48 bits per heavy atom. The second kappa shape index (κ2) is 12.1. The first-order valence-corrected chi connectivity index (χ1v) is 14.2. The molecule has 4 heterocycles. The first-order valence-electron chi connectivity index (χ1n) is 14.2. The van der Waals surface area contributed by atoms with Crippen molar-refractivity contribution in [2.75, 3.05) is 42.6 Å². The zero-order valence-electron chi connectivity index (χ0n) is 25.2. The highest BCUT2D eigenvalue weighted by Gasteiger charge is 2.40. The fourth-order valence-corrected chi connectivity index (χ4v) is 5.17. The van der Waals surface area contributed by atoms with Gasteiger partial charge in [0.1, 0.15) is 23.3 Å². The summed E-state index contributed by atoms with van der Waals surface area (Å²) in [6.07, 6.45) is 2.94. The van der Waals surface area contributed by atoms with Crippen molar-refractivity contribution in [2.45, 2.75) is 64.6 Å². The normalized spacial score (nSPS) is 21.6. The van der Waals surface area contributed by atoms with Gasteiger partial charge in [-0.25, -0.2) is 23.4 Å². The third-order valence-corrected chi connectivity index (χ3v) is 7.16. The summed E-state index contributed by atoms with van der Waals surface area (Å²) in [5.41, 5.74) is -0.636. The Labute approximate surface area is 253 Å². The summed E-state index contributed by atoms with van der Waals surface area (Å²) in [6.45, 7) is 8.94. The van der Waals surface area contributed by atoms with Gasteiger partial charge in [0.25, 0.3) is 5.91 Å². The maximum absolute atomic E-state index is 15.4. The lowest BCUT2D eigenvalue weighted by Gasteiger charge is -2.29. The smallest absolute Gasteiger partial charge is 0.416 e. The molecule has 2 aromatic rings. The summed E-state index contributed by atoms with van der Waals surface area (Å²) in [7, 11) is 0. The Morgan fingerprint density at radius 2 is 1.91 bits per heavy atom. The molecule has 3 aliphatic rings. The number of cyclic esters (lactones) is 1. The Balaban J connectivity index is 1.27. The van der Waals surface area contributed by atoms with Crippen LogP contribution >= 0.6 is 0 Å². The fraction of sp³-hybridized carbons (Fsp3) is 0.500. The molecule has 3 aliphatic heterocycles. The number of amides is 3. The van der Waals surface area contributed by atoms with E-state index in [9.17, 15) is 14.4 Å². The third kappa shape index (κ3) is 6.97. The maximum atomic E-state index is 15.4. The highest BCUT2D eigenvalue weighted by molar-refractivity contribution is 5.91. The van der Waals surface area contributed by atoms with E-state index in [1.54, 1.807) is 45.6 Å². The van der Waals surface area contributed by atoms with Crippen LogP contribution in [0, 0.1) is 11.6 Å². The first kappa shape index (κ1) is 31.3. The molecule has 0 N–H and O–H groups in total. The lowest BCUT2D eigenvalue weighted by atomic mass is 9.97. The van der Waals surface area contributed by atoms with Crippen LogP contribution in [0.15, 0.2) is 36.8 Å². The quantitative estimate of drug-likeness (QED) is 0.468. The van der Waals surface area contributed by atoms with Gasteiger partial charge in [0.2, 0.25) is 0 Å². The predicted octanol–water partition coefficient (Wildman–Crippen LogP) is 4.29. The van der Waals surface area contributed by atoms with Crippen molar-refractivity contribution in [1.29, 1.82) is 0 Å². The van der Waals surface area contributed by atoms with E-state index in [1.807, 2.05) is 0 Å². The number of benzene rings is 1. The molecule has 1 aromatic heterocycles. The minimum Gasteiger partial charge on any atom is -0.443 e. The molecular weight excluding hydrogens is 580 g/mol. The first-order chi connectivity index (χ1) is 20.7. The highest BCUT2D eigenvalue weighted by Crippen LogP contribution is 2.33. The summed E-state index contributed by atoms with van der Waals surface area (Å²) in [4.78, 5) is 50.6. The molecule has 44 heavy (non-hydrogen) atoms. The molecule has 5 rings (SSSR count). The van der Waals surface area contributed by atoms with Gasteiger partial charge in [0.15, 0.2) is 17.7 Å². The van der Waals surface area contributed by atoms with Crippen LogP contribution in [0.3, 0.4) is 0 Å². The van der Waals surface area contributed by atoms with Gasteiger partial charge >= 0.3 is 12.2 Å². The van der Waals surface area contributed by atoms with E-state index >= 15 is 8.78 Å². The number of hydrogen-bond acceptors (Lipinski definition) is 9. The number of ether oxygens (including phenoxy) is 4. The van der Waals surface area contributed by atoms with Crippen LogP contribution in [-0.4, -0.2) is 89.3 Å². The molecule has 0 unspecified atom stereocenters. The van der Waals surface area contributed by atoms with Gasteiger partial charge in [0, 0.05) is 31.0 Å². The maximum Gasteiger partial charge on any atom is 0.416 e. The van der Waals surface area contributed by atoms with Crippen LogP contribution < -0.4 is 9.80 Å². The van der Waals surface area contributed by atoms with Crippen LogP contribution in [0.2, 0.25) is 0 Å². The minimum atomic E-state index is -0.855. The van der Waals surface area contributed by atoms with Crippen molar-refractivity contribution in [3.05, 3.63) is 54.0 Å². The Hall–Kier alpha value is -4.17. The predicted molar refractivity (Wildman–Crippen MR) is 154 cm³/mol. The van der Waals surface area contributed by atoms with Gasteiger partial charge < -0.3 is 23.8 Å². The van der Waals surface area contributed by atoms with Crippen LogP contribution in [-0.2, 0) is 23.7 Å². The van der Waals surface area contributed by atoms with Crippen molar-refractivity contribution >= 4 is 35.2 Å². The summed E-state index contributed by atoms with van der Waals surface area (Å²) in [5.74, 6) is -2.61. The van der Waals surface area contributed by atoms with Crippen molar-refractivity contribution < 1.29 is 42.1 Å². The Bertz CT molecular complexity index is 1440. The largest absolute Gasteiger partial charge is 0.443 e. The molecule has 0 saturated carbocycles. The van der Waals surface area contributed by atoms with E-state index in [1.165, 1.54) is 23.5 Å². The van der Waals surface area contributed by atoms with E-state index in [4.69, 9.17) is 18.9 Å². The zero-order chi connectivity index (χ0) is 31.8. The summed E-state index contributed by atoms with van der Waals surface area (Å²) in [5, 5.41) is 0. The van der Waals surface area contributed by atoms with Gasteiger partial charge in [-0.05, 0) is 58.7 Å². The second-order valence-corrected chi connectivity index (χ2v) is 12.1. The topological polar surface area (TPSA) is 124 Å². The molecule has 12 nitrogen and oxygen atoms in total. The van der Waals surface area contributed by atoms with E-state index < -0.39 is 47.4 Å². The van der Waals surface area contributed by atoms with Crippen molar-refractivity contribution in [2.24, 2.45) is 0 Å². The third-order valence-electron chi connectivity index (χ3n) is 7.16. The molecule has 236 valence electrons. The zero-order valence-corrected chi connectivity index (χ0v) is 25.2. The molecule has 2 atom stereocenters. The average molecular weight is 616 g/mol. The summed E-state index contributed by atoms with van der Waals surface area (Å²) in [6, 6.07) is 2.14. The number of nitrogens with zero attached hydrogens (tertiary/aromatic N) is 5. The molecule has 1 aromatic carbocycles. The van der Waals surface area contributed by atoms with Gasteiger partial charge in [-0.2, -0.15) is 0 Å². The van der Waals surface area contributed by atoms with Gasteiger partial charge in [-0.3, -0.25) is 19.6 Å². The average Bonchev–Trinajstić information content (AvgIpc) is 3.51. The monoisotopic (exact) mass is 615 g/mol. The molecule has 14 heteroatoms. The second-order valence-electron chi connectivity index (χ2n) is 12.1. The molecule has 3 amide bonds. The number of hydrogen-bond donors (Lipinski definition) is 0. The van der Waals surface area contributed by atoms with Crippen LogP contribution in [0.4, 0.5) is 29.9 Å².